The van der Waals surface area contributed by atoms with E-state index in [-0.39, 0.29) is 23.0 Å². The van der Waals surface area contributed by atoms with E-state index in [2.05, 4.69) is 0 Å². The molecule has 9 rings (SSSR count). The van der Waals surface area contributed by atoms with Crippen LogP contribution >= 0.6 is 0 Å². The molecule has 318 valence electrons. The minimum absolute atomic E-state index is 0.0388. The van der Waals surface area contributed by atoms with Gasteiger partial charge < -0.3 is 20.4 Å². The van der Waals surface area contributed by atoms with Crippen molar-refractivity contribution in [3.05, 3.63) is 229 Å². The Hall–Kier alpha value is -9.14. The number of rotatable bonds is 12. The quantitative estimate of drug-likeness (QED) is 0.0911. The molecule has 0 bridgehead atoms. The monoisotopic (exact) mass is 858 g/mol. The van der Waals surface area contributed by atoms with Crippen molar-refractivity contribution in [3.63, 3.8) is 0 Å². The lowest BCUT2D eigenvalue weighted by Crippen LogP contribution is -1.88. The Morgan fingerprint density at radius 2 is 0.439 bits per heavy atom. The Bertz CT molecular complexity index is 2840. The van der Waals surface area contributed by atoms with Crippen molar-refractivity contribution >= 4 is 47.6 Å². The van der Waals surface area contributed by atoms with Gasteiger partial charge >= 0.3 is 0 Å². The van der Waals surface area contributed by atoms with E-state index in [4.69, 9.17) is 20.0 Å². The molecule has 0 saturated carbocycles. The molecule has 0 saturated heterocycles. The van der Waals surface area contributed by atoms with Gasteiger partial charge in [-0.2, -0.15) is 0 Å². The zero-order valence-electron chi connectivity index (χ0n) is 35.5. The summed E-state index contributed by atoms with van der Waals surface area (Å²) < 4.78 is 0. The Kier molecular flexibility index (Phi) is 12.5. The van der Waals surface area contributed by atoms with Crippen LogP contribution in [-0.2, 0) is 0 Å². The molecule has 8 heteroatoms. The molecule has 0 fully saturated rings. The predicted molar refractivity (Wildman–Crippen MR) is 270 cm³/mol. The lowest BCUT2D eigenvalue weighted by atomic mass is 10.0. The molecule has 0 atom stereocenters. The zero-order valence-corrected chi connectivity index (χ0v) is 35.5. The summed E-state index contributed by atoms with van der Waals surface area (Å²) in [5, 5.41) is 44.1. The first-order valence-corrected chi connectivity index (χ1v) is 21.2. The summed E-state index contributed by atoms with van der Waals surface area (Å²) in [6.45, 7) is 0. The van der Waals surface area contributed by atoms with Gasteiger partial charge in [-0.25, -0.2) is 0 Å². The third-order valence-electron chi connectivity index (χ3n) is 11.0. The number of aromatic hydroxyl groups is 4. The van der Waals surface area contributed by atoms with Gasteiger partial charge in [0.2, 0.25) is 0 Å². The summed E-state index contributed by atoms with van der Waals surface area (Å²) in [4.78, 5) is 19.6. The van der Waals surface area contributed by atoms with Crippen molar-refractivity contribution < 1.29 is 20.4 Å². The number of aliphatic imine (C=N–C) groups is 4. The van der Waals surface area contributed by atoms with Gasteiger partial charge in [-0.1, -0.05) is 146 Å². The number of phenolic OH excluding ortho intramolecular Hbond substituents is 4. The first-order valence-electron chi connectivity index (χ1n) is 21.2. The SMILES string of the molecule is Oc1ccc(-c2ccccc2)cc1C=Nc1cc(N=Cc2cc(-c3ccccc3)ccc2O)c(N=Cc2cc(-c3ccccc3)ccc2O)cc1N=Cc1cc(-c2ccccc2)ccc1O. The average molecular weight is 859 g/mol. The van der Waals surface area contributed by atoms with E-state index in [1.807, 2.05) is 170 Å². The summed E-state index contributed by atoms with van der Waals surface area (Å²) >= 11 is 0. The van der Waals surface area contributed by atoms with Crippen LogP contribution in [0.25, 0.3) is 44.5 Å². The van der Waals surface area contributed by atoms with E-state index < -0.39 is 0 Å². The highest BCUT2D eigenvalue weighted by molar-refractivity contribution is 5.96. The van der Waals surface area contributed by atoms with Crippen molar-refractivity contribution in [2.75, 3.05) is 0 Å². The van der Waals surface area contributed by atoms with Crippen LogP contribution in [0.15, 0.2) is 226 Å². The lowest BCUT2D eigenvalue weighted by molar-refractivity contribution is 0.474. The number of nitrogens with zero attached hydrogens (tertiary/aromatic N) is 4. The van der Waals surface area contributed by atoms with Gasteiger partial charge in [-0.3, -0.25) is 20.0 Å². The van der Waals surface area contributed by atoms with Gasteiger partial charge in [0.05, 0.1) is 22.7 Å². The highest BCUT2D eigenvalue weighted by Crippen LogP contribution is 2.41. The zero-order chi connectivity index (χ0) is 45.2. The third-order valence-corrected chi connectivity index (χ3v) is 11.0. The molecule has 0 spiro atoms. The molecule has 66 heavy (non-hydrogen) atoms. The highest BCUT2D eigenvalue weighted by atomic mass is 16.3. The highest BCUT2D eigenvalue weighted by Gasteiger charge is 2.13. The molecule has 0 unspecified atom stereocenters. The minimum atomic E-state index is 0.0388. The van der Waals surface area contributed by atoms with Crippen molar-refractivity contribution in [1.82, 2.24) is 0 Å². The maximum atomic E-state index is 11.0. The number of benzene rings is 9. The first kappa shape index (κ1) is 42.2. The van der Waals surface area contributed by atoms with Crippen molar-refractivity contribution in [2.24, 2.45) is 20.0 Å². The van der Waals surface area contributed by atoms with Gasteiger partial charge in [0.25, 0.3) is 0 Å². The molecule has 0 aliphatic heterocycles. The number of phenols is 4. The molecule has 0 amide bonds. The topological polar surface area (TPSA) is 130 Å². The van der Waals surface area contributed by atoms with Crippen molar-refractivity contribution in [2.45, 2.75) is 0 Å². The third kappa shape index (κ3) is 9.89. The van der Waals surface area contributed by atoms with E-state index in [0.29, 0.717) is 45.0 Å². The molecule has 4 N–H and O–H groups in total. The summed E-state index contributed by atoms with van der Waals surface area (Å²) in [7, 11) is 0. The molecule has 0 aromatic heterocycles. The number of hydrogen-bond acceptors (Lipinski definition) is 8. The van der Waals surface area contributed by atoms with E-state index in [1.165, 1.54) is 0 Å². The molecule has 9 aromatic carbocycles. The first-order chi connectivity index (χ1) is 32.3. The van der Waals surface area contributed by atoms with Crippen LogP contribution in [0, 0.1) is 0 Å². The van der Waals surface area contributed by atoms with Crippen molar-refractivity contribution in [3.8, 4) is 67.5 Å². The van der Waals surface area contributed by atoms with Crippen LogP contribution in [-0.4, -0.2) is 45.3 Å². The van der Waals surface area contributed by atoms with Gasteiger partial charge in [0, 0.05) is 47.1 Å². The Balaban J connectivity index is 1.19. The number of hydrogen-bond donors (Lipinski definition) is 4. The smallest absolute Gasteiger partial charge is 0.124 e. The molecule has 0 aliphatic carbocycles. The maximum Gasteiger partial charge on any atom is 0.124 e. The van der Waals surface area contributed by atoms with Crippen LogP contribution in [0.4, 0.5) is 22.7 Å². The van der Waals surface area contributed by atoms with Crippen molar-refractivity contribution in [1.29, 1.82) is 0 Å². The molecular weight excluding hydrogens is 817 g/mol. The lowest BCUT2D eigenvalue weighted by Gasteiger charge is -2.10. The van der Waals surface area contributed by atoms with Crippen LogP contribution in [0.1, 0.15) is 22.3 Å². The molecular formula is C58H42N4O4. The van der Waals surface area contributed by atoms with Gasteiger partial charge in [0.15, 0.2) is 0 Å². The standard InChI is InChI=1S/C58H42N4O4/c63-55-25-21-43(39-13-5-1-6-14-39)29-47(55)35-59-51-33-53(61-37-49-31-45(23-27-57(49)65)41-17-9-3-10-18-41)54(62-38-50-32-46(24-28-58(50)66)42-19-11-4-12-20-42)34-52(51)60-36-48-30-44(22-26-56(48)64)40-15-7-2-8-16-40/h1-38,63-66H. The molecule has 0 aliphatic rings. The second-order valence-corrected chi connectivity index (χ2v) is 15.4. The van der Waals surface area contributed by atoms with Crippen LogP contribution in [0.2, 0.25) is 0 Å². The van der Waals surface area contributed by atoms with E-state index in [1.54, 1.807) is 61.3 Å². The van der Waals surface area contributed by atoms with Crippen LogP contribution in [0.3, 0.4) is 0 Å². The molecule has 8 nitrogen and oxygen atoms in total. The normalized spacial score (nSPS) is 11.6. The van der Waals surface area contributed by atoms with E-state index >= 15 is 0 Å². The molecule has 0 radical (unpaired) electrons. The largest absolute Gasteiger partial charge is 0.507 e. The Morgan fingerprint density at radius 1 is 0.227 bits per heavy atom. The predicted octanol–water partition coefficient (Wildman–Crippen LogP) is 14.2. The van der Waals surface area contributed by atoms with Crippen LogP contribution < -0.4 is 0 Å². The van der Waals surface area contributed by atoms with Crippen LogP contribution in [0.5, 0.6) is 23.0 Å². The van der Waals surface area contributed by atoms with Gasteiger partial charge in [0.1, 0.15) is 23.0 Å². The maximum absolute atomic E-state index is 11.0. The fraction of sp³-hybridized carbons (Fsp3) is 0. The second kappa shape index (κ2) is 19.5. The summed E-state index contributed by atoms with van der Waals surface area (Å²) in [6, 6.07) is 64.3. The van der Waals surface area contributed by atoms with E-state index in [9.17, 15) is 20.4 Å². The average Bonchev–Trinajstić information content (AvgIpc) is 3.36. The van der Waals surface area contributed by atoms with Gasteiger partial charge in [-0.15, -0.1) is 0 Å². The van der Waals surface area contributed by atoms with Gasteiger partial charge in [-0.05, 0) is 105 Å². The minimum Gasteiger partial charge on any atom is -0.507 e. The summed E-state index contributed by atoms with van der Waals surface area (Å²) in [5.41, 5.74) is 10.9. The fourth-order valence-electron chi connectivity index (χ4n) is 7.40. The molecule has 9 aromatic rings. The fourth-order valence-corrected chi connectivity index (χ4v) is 7.40. The molecule has 0 heterocycles. The summed E-state index contributed by atoms with van der Waals surface area (Å²) in [5.74, 6) is 0.155. The van der Waals surface area contributed by atoms with E-state index in [0.717, 1.165) is 44.5 Å². The Labute approximate surface area is 382 Å². The Morgan fingerprint density at radius 3 is 0.652 bits per heavy atom. The second-order valence-electron chi connectivity index (χ2n) is 15.4. The summed E-state index contributed by atoms with van der Waals surface area (Å²) in [6.07, 6.45) is 6.29.